The first-order valence-corrected chi connectivity index (χ1v) is 4.84. The Balaban J connectivity index is 3.06. The van der Waals surface area contributed by atoms with Crippen molar-refractivity contribution in [1.82, 2.24) is 4.98 Å². The number of rotatable bonds is 5. The van der Waals surface area contributed by atoms with Gasteiger partial charge in [0.05, 0.1) is 6.61 Å². The van der Waals surface area contributed by atoms with Gasteiger partial charge in [-0.1, -0.05) is 6.08 Å². The third-order valence-electron chi connectivity index (χ3n) is 2.15. The molecule has 0 spiro atoms. The van der Waals surface area contributed by atoms with Crippen molar-refractivity contribution in [3.8, 4) is 0 Å². The minimum atomic E-state index is -0.455. The molecule has 82 valence electrons. The highest BCUT2D eigenvalue weighted by Crippen LogP contribution is 2.19. The molecule has 0 aromatic carbocycles. The quantitative estimate of drug-likeness (QED) is 0.752. The summed E-state index contributed by atoms with van der Waals surface area (Å²) in [6.07, 6.45) is 3.19. The number of hydrogen-bond donors (Lipinski definition) is 1. The fourth-order valence-corrected chi connectivity index (χ4v) is 1.34. The van der Waals surface area contributed by atoms with Crippen LogP contribution in [0.25, 0.3) is 0 Å². The van der Waals surface area contributed by atoms with Crippen molar-refractivity contribution >= 4 is 5.82 Å². The van der Waals surface area contributed by atoms with E-state index in [1.165, 1.54) is 12.3 Å². The van der Waals surface area contributed by atoms with E-state index in [1.807, 2.05) is 6.92 Å². The molecule has 1 N–H and O–H groups in total. The van der Waals surface area contributed by atoms with Crippen LogP contribution in [0.3, 0.4) is 0 Å². The molecule has 15 heavy (non-hydrogen) atoms. The van der Waals surface area contributed by atoms with E-state index in [0.717, 1.165) is 0 Å². The minimum absolute atomic E-state index is 0.266. The van der Waals surface area contributed by atoms with Gasteiger partial charge in [0.1, 0.15) is 0 Å². The second-order valence-electron chi connectivity index (χ2n) is 3.09. The molecule has 0 saturated carbocycles. The smallest absolute Gasteiger partial charge is 0.171 e. The predicted octanol–water partition coefficient (Wildman–Crippen LogP) is 1.73. The Bertz CT molecular complexity index is 341. The van der Waals surface area contributed by atoms with Crippen LogP contribution in [0.4, 0.5) is 10.2 Å². The highest BCUT2D eigenvalue weighted by molar-refractivity contribution is 5.43. The molecule has 1 aromatic heterocycles. The summed E-state index contributed by atoms with van der Waals surface area (Å²) < 4.78 is 13.7. The van der Waals surface area contributed by atoms with Gasteiger partial charge in [-0.05, 0) is 13.0 Å². The molecule has 1 rings (SSSR count). The van der Waals surface area contributed by atoms with Crippen molar-refractivity contribution in [3.05, 3.63) is 36.3 Å². The first kappa shape index (κ1) is 11.7. The van der Waals surface area contributed by atoms with E-state index in [1.54, 1.807) is 11.0 Å². The average molecular weight is 210 g/mol. The highest BCUT2D eigenvalue weighted by Gasteiger charge is 2.13. The van der Waals surface area contributed by atoms with E-state index in [9.17, 15) is 4.39 Å². The SMILES string of the molecule is C=CCN(CC)c1nccc(CO)c1F. The number of halogens is 1. The summed E-state index contributed by atoms with van der Waals surface area (Å²) >= 11 is 0. The van der Waals surface area contributed by atoms with Gasteiger partial charge >= 0.3 is 0 Å². The number of hydrogen-bond acceptors (Lipinski definition) is 3. The average Bonchev–Trinajstić information content (AvgIpc) is 2.27. The number of pyridine rings is 1. The maximum absolute atomic E-state index is 13.7. The molecular weight excluding hydrogens is 195 g/mol. The summed E-state index contributed by atoms with van der Waals surface area (Å²) in [4.78, 5) is 5.72. The molecule has 0 bridgehead atoms. The zero-order chi connectivity index (χ0) is 11.3. The summed E-state index contributed by atoms with van der Waals surface area (Å²) in [5, 5.41) is 8.92. The van der Waals surface area contributed by atoms with Gasteiger partial charge in [-0.2, -0.15) is 0 Å². The van der Waals surface area contributed by atoms with Gasteiger partial charge in [-0.15, -0.1) is 6.58 Å². The van der Waals surface area contributed by atoms with E-state index in [-0.39, 0.29) is 18.0 Å². The van der Waals surface area contributed by atoms with Crippen LogP contribution in [0.5, 0.6) is 0 Å². The number of likely N-dealkylation sites (N-methyl/N-ethyl adjacent to an activating group) is 1. The van der Waals surface area contributed by atoms with Crippen LogP contribution in [0, 0.1) is 5.82 Å². The first-order chi connectivity index (χ1) is 7.24. The fraction of sp³-hybridized carbons (Fsp3) is 0.364. The Morgan fingerprint density at radius 3 is 2.93 bits per heavy atom. The Morgan fingerprint density at radius 1 is 1.67 bits per heavy atom. The van der Waals surface area contributed by atoms with Crippen molar-refractivity contribution in [1.29, 1.82) is 0 Å². The predicted molar refractivity (Wildman–Crippen MR) is 58.2 cm³/mol. The number of aromatic nitrogens is 1. The standard InChI is InChI=1S/C11H15FN2O/c1-3-7-14(4-2)11-10(12)9(8-15)5-6-13-11/h3,5-6,15H,1,4,7-8H2,2H3. The number of aliphatic hydroxyl groups is 1. The Kier molecular flexibility index (Phi) is 4.24. The van der Waals surface area contributed by atoms with E-state index in [4.69, 9.17) is 5.11 Å². The molecule has 3 nitrogen and oxygen atoms in total. The Morgan fingerprint density at radius 2 is 2.40 bits per heavy atom. The van der Waals surface area contributed by atoms with E-state index >= 15 is 0 Å². The van der Waals surface area contributed by atoms with Crippen LogP contribution >= 0.6 is 0 Å². The molecule has 0 aliphatic rings. The molecule has 0 saturated heterocycles. The third kappa shape index (κ3) is 2.53. The lowest BCUT2D eigenvalue weighted by Gasteiger charge is -2.21. The maximum Gasteiger partial charge on any atom is 0.171 e. The first-order valence-electron chi connectivity index (χ1n) is 4.84. The van der Waals surface area contributed by atoms with E-state index in [0.29, 0.717) is 13.1 Å². The Hall–Kier alpha value is -1.42. The lowest BCUT2D eigenvalue weighted by molar-refractivity contribution is 0.275. The molecular formula is C11H15FN2O. The fourth-order valence-electron chi connectivity index (χ4n) is 1.34. The van der Waals surface area contributed by atoms with Crippen molar-refractivity contribution in [2.45, 2.75) is 13.5 Å². The lowest BCUT2D eigenvalue weighted by Crippen LogP contribution is -2.25. The molecule has 1 aromatic rings. The summed E-state index contributed by atoms with van der Waals surface area (Å²) in [7, 11) is 0. The van der Waals surface area contributed by atoms with Crippen molar-refractivity contribution in [3.63, 3.8) is 0 Å². The maximum atomic E-state index is 13.7. The van der Waals surface area contributed by atoms with Crippen LogP contribution in [0.2, 0.25) is 0 Å². The molecule has 0 atom stereocenters. The normalized spacial score (nSPS) is 10.1. The molecule has 0 fully saturated rings. The highest BCUT2D eigenvalue weighted by atomic mass is 19.1. The van der Waals surface area contributed by atoms with Crippen LogP contribution in [-0.2, 0) is 6.61 Å². The number of nitrogens with zero attached hydrogens (tertiary/aromatic N) is 2. The molecule has 0 unspecified atom stereocenters. The zero-order valence-electron chi connectivity index (χ0n) is 8.78. The minimum Gasteiger partial charge on any atom is -0.392 e. The molecule has 0 radical (unpaired) electrons. The number of aliphatic hydroxyl groups excluding tert-OH is 1. The molecule has 0 amide bonds. The van der Waals surface area contributed by atoms with Gasteiger partial charge in [-0.3, -0.25) is 0 Å². The molecule has 4 heteroatoms. The monoisotopic (exact) mass is 210 g/mol. The third-order valence-corrected chi connectivity index (χ3v) is 2.15. The van der Waals surface area contributed by atoms with Gasteiger partial charge in [0, 0.05) is 24.8 Å². The Labute approximate surface area is 88.9 Å². The van der Waals surface area contributed by atoms with Gasteiger partial charge in [0.15, 0.2) is 11.6 Å². The second kappa shape index (κ2) is 5.46. The van der Waals surface area contributed by atoms with E-state index in [2.05, 4.69) is 11.6 Å². The van der Waals surface area contributed by atoms with Gasteiger partial charge < -0.3 is 10.0 Å². The summed E-state index contributed by atoms with van der Waals surface area (Å²) in [6.45, 7) is 6.39. The van der Waals surface area contributed by atoms with Crippen LogP contribution in [0.1, 0.15) is 12.5 Å². The summed E-state index contributed by atoms with van der Waals surface area (Å²) in [5.74, 6) is -0.187. The zero-order valence-corrected chi connectivity index (χ0v) is 8.78. The van der Waals surface area contributed by atoms with Gasteiger partial charge in [0.25, 0.3) is 0 Å². The van der Waals surface area contributed by atoms with Crippen molar-refractivity contribution in [2.24, 2.45) is 0 Å². The second-order valence-corrected chi connectivity index (χ2v) is 3.09. The van der Waals surface area contributed by atoms with Crippen LogP contribution in [-0.4, -0.2) is 23.2 Å². The topological polar surface area (TPSA) is 36.4 Å². The van der Waals surface area contributed by atoms with Crippen molar-refractivity contribution in [2.75, 3.05) is 18.0 Å². The largest absolute Gasteiger partial charge is 0.392 e. The van der Waals surface area contributed by atoms with Gasteiger partial charge in [-0.25, -0.2) is 9.37 Å². The van der Waals surface area contributed by atoms with Crippen LogP contribution < -0.4 is 4.90 Å². The van der Waals surface area contributed by atoms with Crippen LogP contribution in [0.15, 0.2) is 24.9 Å². The molecule has 1 heterocycles. The number of anilines is 1. The molecule has 0 aliphatic heterocycles. The van der Waals surface area contributed by atoms with Gasteiger partial charge in [0.2, 0.25) is 0 Å². The summed E-state index contributed by atoms with van der Waals surface area (Å²) in [6, 6.07) is 1.47. The van der Waals surface area contributed by atoms with E-state index < -0.39 is 5.82 Å². The molecule has 0 aliphatic carbocycles. The van der Waals surface area contributed by atoms with Crippen molar-refractivity contribution < 1.29 is 9.50 Å². The summed E-state index contributed by atoms with van der Waals surface area (Å²) in [5.41, 5.74) is 0.266. The lowest BCUT2D eigenvalue weighted by atomic mass is 10.2.